The molecule has 0 aliphatic rings. The zero-order valence-corrected chi connectivity index (χ0v) is 9.91. The van der Waals surface area contributed by atoms with Crippen molar-refractivity contribution in [3.05, 3.63) is 27.9 Å². The number of hydrogen-bond donors (Lipinski definition) is 2. The molecule has 0 aliphatic heterocycles. The van der Waals surface area contributed by atoms with E-state index in [9.17, 15) is 14.9 Å². The molecule has 1 heterocycles. The third-order valence-corrected chi connectivity index (χ3v) is 2.27. The lowest BCUT2D eigenvalue weighted by Crippen LogP contribution is -2.20. The molecule has 1 unspecified atom stereocenters. The van der Waals surface area contributed by atoms with Gasteiger partial charge >= 0.3 is 5.97 Å². The number of aromatic nitrogens is 1. The highest BCUT2D eigenvalue weighted by Crippen LogP contribution is 2.19. The van der Waals surface area contributed by atoms with Gasteiger partial charge in [-0.2, -0.15) is 0 Å². The Morgan fingerprint density at radius 2 is 2.39 bits per heavy atom. The molecule has 0 aliphatic carbocycles. The third kappa shape index (κ3) is 3.39. The van der Waals surface area contributed by atoms with Gasteiger partial charge in [-0.05, 0) is 6.92 Å². The normalized spacial score (nSPS) is 11.9. The predicted octanol–water partition coefficient (Wildman–Crippen LogP) is 1.13. The number of pyridine rings is 1. The average molecular weight is 255 g/mol. The number of carboxylic acids is 1. The second kappa shape index (κ2) is 5.92. The fourth-order valence-corrected chi connectivity index (χ4v) is 1.18. The first kappa shape index (κ1) is 13.8. The first-order valence-electron chi connectivity index (χ1n) is 5.10. The van der Waals surface area contributed by atoms with Gasteiger partial charge in [0.2, 0.25) is 0 Å². The Balaban J connectivity index is 2.97. The summed E-state index contributed by atoms with van der Waals surface area (Å²) in [5.41, 5.74) is -0.606. The highest BCUT2D eigenvalue weighted by Gasteiger charge is 2.17. The molecule has 0 bridgehead atoms. The number of aromatic carboxylic acids is 1. The number of methoxy groups -OCH3 is 1. The van der Waals surface area contributed by atoms with E-state index in [0.29, 0.717) is 6.54 Å². The van der Waals surface area contributed by atoms with Crippen LogP contribution in [0.4, 0.5) is 11.5 Å². The van der Waals surface area contributed by atoms with Crippen LogP contribution in [0.15, 0.2) is 12.3 Å². The lowest BCUT2D eigenvalue weighted by atomic mass is 10.2. The van der Waals surface area contributed by atoms with E-state index in [2.05, 4.69) is 10.3 Å². The molecule has 0 saturated heterocycles. The summed E-state index contributed by atoms with van der Waals surface area (Å²) in [6.07, 6.45) is 0.871. The van der Waals surface area contributed by atoms with Gasteiger partial charge in [0, 0.05) is 19.7 Å². The molecule has 8 nitrogen and oxygen atoms in total. The molecule has 8 heteroatoms. The van der Waals surface area contributed by atoms with Gasteiger partial charge in [0.25, 0.3) is 5.69 Å². The van der Waals surface area contributed by atoms with Gasteiger partial charge in [-0.1, -0.05) is 0 Å². The molecule has 0 fully saturated rings. The quantitative estimate of drug-likeness (QED) is 0.578. The number of nitrogens with one attached hydrogen (secondary N) is 1. The van der Waals surface area contributed by atoms with Crippen molar-refractivity contribution in [1.29, 1.82) is 0 Å². The molecule has 0 aromatic carbocycles. The minimum absolute atomic E-state index is 0.0806. The summed E-state index contributed by atoms with van der Waals surface area (Å²) in [5, 5.41) is 22.3. The van der Waals surface area contributed by atoms with E-state index in [-0.39, 0.29) is 23.2 Å². The molecule has 1 rings (SSSR count). The first-order chi connectivity index (χ1) is 8.45. The van der Waals surface area contributed by atoms with E-state index in [0.717, 1.165) is 12.3 Å². The maximum Gasteiger partial charge on any atom is 0.339 e. The van der Waals surface area contributed by atoms with E-state index < -0.39 is 10.9 Å². The number of rotatable bonds is 6. The van der Waals surface area contributed by atoms with Crippen LogP contribution < -0.4 is 5.32 Å². The van der Waals surface area contributed by atoms with Crippen LogP contribution in [-0.4, -0.2) is 40.7 Å². The summed E-state index contributed by atoms with van der Waals surface area (Å²) in [6.45, 7) is 2.14. The topological polar surface area (TPSA) is 115 Å². The molecule has 0 saturated carbocycles. The number of hydrogen-bond acceptors (Lipinski definition) is 6. The van der Waals surface area contributed by atoms with E-state index in [1.165, 1.54) is 7.11 Å². The average Bonchev–Trinajstić information content (AvgIpc) is 2.35. The van der Waals surface area contributed by atoms with Gasteiger partial charge in [0.05, 0.1) is 11.0 Å². The molecule has 98 valence electrons. The molecule has 0 amide bonds. The van der Waals surface area contributed by atoms with Crippen LogP contribution in [0.1, 0.15) is 17.3 Å². The van der Waals surface area contributed by atoms with Gasteiger partial charge in [0.1, 0.15) is 17.6 Å². The Morgan fingerprint density at radius 3 is 2.89 bits per heavy atom. The van der Waals surface area contributed by atoms with Gasteiger partial charge in [-0.25, -0.2) is 9.78 Å². The number of nitro groups is 1. The number of carbonyl (C=O) groups is 1. The van der Waals surface area contributed by atoms with Crippen LogP contribution in [0.2, 0.25) is 0 Å². The number of nitrogens with zero attached hydrogens (tertiary/aromatic N) is 2. The van der Waals surface area contributed by atoms with Crippen LogP contribution in [0, 0.1) is 10.1 Å². The summed E-state index contributed by atoms with van der Waals surface area (Å²) >= 11 is 0. The summed E-state index contributed by atoms with van der Waals surface area (Å²) in [6, 6.07) is 0.967. The highest BCUT2D eigenvalue weighted by atomic mass is 16.6. The Hall–Kier alpha value is -2.22. The fourth-order valence-electron chi connectivity index (χ4n) is 1.18. The SMILES string of the molecule is COC(C)CNc1ncc([N+](=O)[O-])cc1C(=O)O. The molecule has 18 heavy (non-hydrogen) atoms. The van der Waals surface area contributed by atoms with Gasteiger partial charge in [0.15, 0.2) is 0 Å². The van der Waals surface area contributed by atoms with Crippen LogP contribution in [0.5, 0.6) is 0 Å². The molecule has 1 atom stereocenters. The van der Waals surface area contributed by atoms with Crippen molar-refractivity contribution in [2.75, 3.05) is 19.0 Å². The van der Waals surface area contributed by atoms with Crippen molar-refractivity contribution >= 4 is 17.5 Å². The smallest absolute Gasteiger partial charge is 0.339 e. The number of anilines is 1. The second-order valence-electron chi connectivity index (χ2n) is 3.58. The minimum atomic E-state index is -1.28. The summed E-state index contributed by atoms with van der Waals surface area (Å²) in [7, 11) is 1.52. The fraction of sp³-hybridized carbons (Fsp3) is 0.400. The predicted molar refractivity (Wildman–Crippen MR) is 62.8 cm³/mol. The Kier molecular flexibility index (Phi) is 4.55. The Bertz CT molecular complexity index is 463. The van der Waals surface area contributed by atoms with Crippen molar-refractivity contribution in [2.24, 2.45) is 0 Å². The monoisotopic (exact) mass is 255 g/mol. The van der Waals surface area contributed by atoms with E-state index in [1.807, 2.05) is 0 Å². The minimum Gasteiger partial charge on any atom is -0.478 e. The largest absolute Gasteiger partial charge is 0.478 e. The van der Waals surface area contributed by atoms with Crippen LogP contribution >= 0.6 is 0 Å². The van der Waals surface area contributed by atoms with Crippen molar-refractivity contribution < 1.29 is 19.6 Å². The summed E-state index contributed by atoms with van der Waals surface area (Å²) in [4.78, 5) is 24.6. The standard InChI is InChI=1S/C10H13N3O5/c1-6(18-2)4-11-9-8(10(14)15)3-7(5-12-9)13(16)17/h3,5-6H,4H2,1-2H3,(H,11,12)(H,14,15). The Morgan fingerprint density at radius 1 is 1.72 bits per heavy atom. The zero-order chi connectivity index (χ0) is 13.7. The number of carboxylic acid groups (broad SMARTS) is 1. The van der Waals surface area contributed by atoms with Crippen molar-refractivity contribution in [2.45, 2.75) is 13.0 Å². The van der Waals surface area contributed by atoms with Crippen LogP contribution in [0.3, 0.4) is 0 Å². The second-order valence-corrected chi connectivity index (χ2v) is 3.58. The molecule has 0 radical (unpaired) electrons. The maximum absolute atomic E-state index is 11.0. The Labute approximate surface area is 103 Å². The van der Waals surface area contributed by atoms with Gasteiger partial charge in [-0.3, -0.25) is 10.1 Å². The third-order valence-electron chi connectivity index (χ3n) is 2.27. The summed E-state index contributed by atoms with van der Waals surface area (Å²) < 4.78 is 4.99. The van der Waals surface area contributed by atoms with Crippen molar-refractivity contribution in [3.63, 3.8) is 0 Å². The molecule has 1 aromatic rings. The molecule has 2 N–H and O–H groups in total. The maximum atomic E-state index is 11.0. The van der Waals surface area contributed by atoms with E-state index >= 15 is 0 Å². The van der Waals surface area contributed by atoms with Crippen LogP contribution in [0.25, 0.3) is 0 Å². The first-order valence-corrected chi connectivity index (χ1v) is 5.10. The van der Waals surface area contributed by atoms with Crippen molar-refractivity contribution in [1.82, 2.24) is 4.98 Å². The van der Waals surface area contributed by atoms with Crippen molar-refractivity contribution in [3.8, 4) is 0 Å². The molecule has 0 spiro atoms. The lowest BCUT2D eigenvalue weighted by Gasteiger charge is -2.12. The molecule has 1 aromatic heterocycles. The lowest BCUT2D eigenvalue weighted by molar-refractivity contribution is -0.385. The van der Waals surface area contributed by atoms with Gasteiger partial charge in [-0.15, -0.1) is 0 Å². The number of ether oxygens (including phenoxy) is 1. The van der Waals surface area contributed by atoms with Crippen LogP contribution in [-0.2, 0) is 4.74 Å². The van der Waals surface area contributed by atoms with E-state index in [4.69, 9.17) is 9.84 Å². The van der Waals surface area contributed by atoms with Gasteiger partial charge < -0.3 is 15.2 Å². The highest BCUT2D eigenvalue weighted by molar-refractivity contribution is 5.93. The molecular formula is C10H13N3O5. The summed E-state index contributed by atoms with van der Waals surface area (Å²) in [5.74, 6) is -1.20. The molecular weight excluding hydrogens is 242 g/mol. The van der Waals surface area contributed by atoms with E-state index in [1.54, 1.807) is 6.92 Å². The zero-order valence-electron chi connectivity index (χ0n) is 9.91.